The molecule has 1 unspecified atom stereocenters. The lowest BCUT2D eigenvalue weighted by atomic mass is 9.63. The number of aliphatic hydroxyl groups is 3. The molecule has 3 N–H and O–H groups in total. The van der Waals surface area contributed by atoms with Crippen molar-refractivity contribution in [3.63, 3.8) is 0 Å². The number of imidazole rings is 1. The molecule has 1 aromatic heterocycles. The molecule has 13 heteroatoms. The van der Waals surface area contributed by atoms with E-state index < -0.39 is 65.6 Å². The smallest absolute Gasteiger partial charge is 0.331 e. The monoisotopic (exact) mass is 672 g/mol. The maximum absolute atomic E-state index is 13.3. The molecule has 1 aliphatic carbocycles. The van der Waals surface area contributed by atoms with Gasteiger partial charge in [-0.15, -0.1) is 0 Å². The minimum atomic E-state index is -1.48. The molecule has 13 nitrogen and oxygen atoms in total. The second-order valence-electron chi connectivity index (χ2n) is 13.9. The Morgan fingerprint density at radius 3 is 2.58 bits per heavy atom. The summed E-state index contributed by atoms with van der Waals surface area (Å²) >= 11 is 0. The molecule has 0 amide bonds. The minimum absolute atomic E-state index is 0.0235. The fourth-order valence-electron chi connectivity index (χ4n) is 7.14. The lowest BCUT2D eigenvalue weighted by molar-refractivity contribution is -0.277. The van der Waals surface area contributed by atoms with Gasteiger partial charge in [-0.05, 0) is 56.3 Å². The van der Waals surface area contributed by atoms with Gasteiger partial charge in [0.15, 0.2) is 12.4 Å². The van der Waals surface area contributed by atoms with Gasteiger partial charge in [-0.2, -0.15) is 0 Å². The second-order valence-corrected chi connectivity index (χ2v) is 13.9. The first kappa shape index (κ1) is 36.1. The average Bonchev–Trinajstić information content (AvgIpc) is 3.61. The predicted octanol–water partition coefficient (Wildman–Crippen LogP) is 2.21. The zero-order valence-electron chi connectivity index (χ0n) is 28.5. The summed E-state index contributed by atoms with van der Waals surface area (Å²) in [5, 5.41) is 32.6. The number of esters is 2. The number of carbonyl (C=O) groups excluding carboxylic acids is 2. The van der Waals surface area contributed by atoms with Crippen LogP contribution < -0.4 is 0 Å². The Bertz CT molecular complexity index is 1460. The van der Waals surface area contributed by atoms with Crippen molar-refractivity contribution in [2.45, 2.75) is 88.7 Å². The molecule has 0 radical (unpaired) electrons. The number of aryl methyl sites for hydroxylation is 1. The van der Waals surface area contributed by atoms with Crippen molar-refractivity contribution in [3.05, 3.63) is 60.2 Å². The van der Waals surface area contributed by atoms with Crippen LogP contribution in [0.1, 0.15) is 46.7 Å². The summed E-state index contributed by atoms with van der Waals surface area (Å²) in [6.45, 7) is 8.55. The Hall–Kier alpha value is -3.17. The molecule has 0 aromatic carbocycles. The number of hydrogen-bond acceptors (Lipinski definition) is 12. The van der Waals surface area contributed by atoms with Gasteiger partial charge >= 0.3 is 11.9 Å². The van der Waals surface area contributed by atoms with Gasteiger partial charge in [0.25, 0.3) is 0 Å². The second kappa shape index (κ2) is 14.0. The van der Waals surface area contributed by atoms with Gasteiger partial charge in [-0.1, -0.05) is 32.1 Å². The van der Waals surface area contributed by atoms with Crippen molar-refractivity contribution in [2.75, 3.05) is 20.3 Å². The van der Waals surface area contributed by atoms with Gasteiger partial charge in [-0.3, -0.25) is 4.79 Å². The average molecular weight is 673 g/mol. The third kappa shape index (κ3) is 7.37. The SMILES string of the molecule is CO[C@]12C=C[C@](C)(O1)C(OC(=O)/C=C/c1cn(C)cn1)C[C@@H]1[C@H](/C=C\2CO[C@@H]2OC[C@@H](O)[C@@H](O)[C@@H]2OC(C)=O)[C@@H](C(C)C)C=C[C@@]1(C)O. The van der Waals surface area contributed by atoms with Crippen LogP contribution in [-0.2, 0) is 45.1 Å². The predicted molar refractivity (Wildman–Crippen MR) is 172 cm³/mol. The van der Waals surface area contributed by atoms with Crippen molar-refractivity contribution in [1.29, 1.82) is 0 Å². The van der Waals surface area contributed by atoms with Gasteiger partial charge in [0.05, 0.1) is 30.8 Å². The van der Waals surface area contributed by atoms with Crippen LogP contribution in [0.3, 0.4) is 0 Å². The zero-order chi connectivity index (χ0) is 35.0. The van der Waals surface area contributed by atoms with Crippen molar-refractivity contribution in [1.82, 2.24) is 9.55 Å². The molecule has 11 atom stereocenters. The third-order valence-electron chi connectivity index (χ3n) is 9.85. The van der Waals surface area contributed by atoms with E-state index in [1.54, 1.807) is 49.2 Å². The van der Waals surface area contributed by atoms with Crippen molar-refractivity contribution >= 4 is 18.0 Å². The summed E-state index contributed by atoms with van der Waals surface area (Å²) in [7, 11) is 3.32. The lowest BCUT2D eigenvalue weighted by Crippen LogP contribution is -2.55. The van der Waals surface area contributed by atoms with Gasteiger partial charge in [0.2, 0.25) is 5.79 Å². The van der Waals surface area contributed by atoms with E-state index in [0.717, 1.165) is 0 Å². The number of hydrogen-bond donors (Lipinski definition) is 3. The Balaban J connectivity index is 1.52. The number of aromatic nitrogens is 2. The molecule has 2 bridgehead atoms. The first-order chi connectivity index (χ1) is 22.6. The number of ether oxygens (including phenoxy) is 6. The Labute approximate surface area is 280 Å². The topological polar surface area (TPSA) is 168 Å². The third-order valence-corrected chi connectivity index (χ3v) is 9.85. The van der Waals surface area contributed by atoms with E-state index >= 15 is 0 Å². The number of allylic oxidation sites excluding steroid dienone is 2. The van der Waals surface area contributed by atoms with E-state index in [1.807, 2.05) is 25.3 Å². The summed E-state index contributed by atoms with van der Waals surface area (Å²) < 4.78 is 37.8. The maximum Gasteiger partial charge on any atom is 0.331 e. The number of rotatable bonds is 9. The fraction of sp³-hybridized carbons (Fsp3) is 0.629. The van der Waals surface area contributed by atoms with Gasteiger partial charge in [-0.25, -0.2) is 9.78 Å². The largest absolute Gasteiger partial charge is 0.456 e. The van der Waals surface area contributed by atoms with Crippen LogP contribution in [0.15, 0.2) is 54.6 Å². The fourth-order valence-corrected chi connectivity index (χ4v) is 7.14. The van der Waals surface area contributed by atoms with Crippen LogP contribution >= 0.6 is 0 Å². The standard InChI is InChI=1S/C35H48N2O11/c1-20(2)24-10-11-33(4,42)26-15-28(47-29(40)9-8-23-16-37(6)19-36-23)34(5)12-13-35(43-7,48-34)22(14-25(24)26)17-44-32-31(46-21(3)38)30(41)27(39)18-45-32/h8-14,16,19-20,24-28,30-32,39,41-42H,15,17-18H2,1-7H3/b9-8+,22-14-/t24-,25-,26-,27-,28?,30-,31+,32-,33-,34+,35-/m1/s1. The highest BCUT2D eigenvalue weighted by Gasteiger charge is 2.55. The van der Waals surface area contributed by atoms with Crippen molar-refractivity contribution < 1.29 is 53.3 Å². The molecule has 0 saturated carbocycles. The van der Waals surface area contributed by atoms with Crippen LogP contribution in [-0.4, -0.2) is 105 Å². The first-order valence-electron chi connectivity index (χ1n) is 16.3. The van der Waals surface area contributed by atoms with Crippen molar-refractivity contribution in [2.24, 2.45) is 30.7 Å². The molecule has 4 aliphatic rings. The van der Waals surface area contributed by atoms with Gasteiger partial charge in [0.1, 0.15) is 23.9 Å². The number of nitrogens with zero attached hydrogens (tertiary/aromatic N) is 2. The van der Waals surface area contributed by atoms with E-state index in [4.69, 9.17) is 28.4 Å². The summed E-state index contributed by atoms with van der Waals surface area (Å²) in [6.07, 6.45) is 9.87. The lowest BCUT2D eigenvalue weighted by Gasteiger charge is -2.45. The number of methoxy groups -OCH3 is 1. The molecule has 3 aliphatic heterocycles. The molecular weight excluding hydrogens is 624 g/mol. The Morgan fingerprint density at radius 1 is 1.19 bits per heavy atom. The normalized spacial score (nSPS) is 40.5. The van der Waals surface area contributed by atoms with Crippen molar-refractivity contribution in [3.8, 4) is 0 Å². The molecular formula is C35H48N2O11. The Kier molecular flexibility index (Phi) is 10.5. The quantitative estimate of drug-likeness (QED) is 0.199. The van der Waals surface area contributed by atoms with E-state index in [2.05, 4.69) is 18.8 Å². The van der Waals surface area contributed by atoms with Crippen LogP contribution in [0.5, 0.6) is 0 Å². The number of fused-ring (bicyclic) bond motifs is 3. The van der Waals surface area contributed by atoms with Crippen LogP contribution in [0, 0.1) is 23.7 Å². The summed E-state index contributed by atoms with van der Waals surface area (Å²) in [6, 6.07) is 0. The summed E-state index contributed by atoms with van der Waals surface area (Å²) in [4.78, 5) is 29.4. The zero-order valence-corrected chi connectivity index (χ0v) is 28.5. The number of carbonyl (C=O) groups is 2. The maximum atomic E-state index is 13.3. The molecule has 48 heavy (non-hydrogen) atoms. The molecule has 4 heterocycles. The number of aliphatic hydroxyl groups excluding tert-OH is 2. The molecule has 5 rings (SSSR count). The molecule has 0 spiro atoms. The van der Waals surface area contributed by atoms with Crippen LogP contribution in [0.25, 0.3) is 6.08 Å². The van der Waals surface area contributed by atoms with Gasteiger partial charge < -0.3 is 48.3 Å². The van der Waals surface area contributed by atoms with E-state index in [0.29, 0.717) is 11.3 Å². The van der Waals surface area contributed by atoms with Gasteiger partial charge in [0, 0.05) is 44.8 Å². The Morgan fingerprint density at radius 2 is 1.94 bits per heavy atom. The van der Waals surface area contributed by atoms with E-state index in [-0.39, 0.29) is 37.4 Å². The van der Waals surface area contributed by atoms with Crippen LogP contribution in [0.2, 0.25) is 0 Å². The molecule has 1 fully saturated rings. The van der Waals surface area contributed by atoms with E-state index in [9.17, 15) is 24.9 Å². The first-order valence-corrected chi connectivity index (χ1v) is 16.3. The highest BCUT2D eigenvalue weighted by Crippen LogP contribution is 2.50. The molecule has 1 aromatic rings. The van der Waals surface area contributed by atoms with E-state index in [1.165, 1.54) is 20.1 Å². The molecule has 1 saturated heterocycles. The van der Waals surface area contributed by atoms with Crippen LogP contribution in [0.4, 0.5) is 0 Å². The molecule has 264 valence electrons. The highest BCUT2D eigenvalue weighted by molar-refractivity contribution is 5.86. The highest BCUT2D eigenvalue weighted by atomic mass is 16.7. The summed E-state index contributed by atoms with van der Waals surface area (Å²) in [5.74, 6) is -3.32. The summed E-state index contributed by atoms with van der Waals surface area (Å²) in [5.41, 5.74) is -1.33. The minimum Gasteiger partial charge on any atom is -0.456 e.